The fourth-order valence-corrected chi connectivity index (χ4v) is 1.82. The Balaban J connectivity index is 2.41. The van der Waals surface area contributed by atoms with Gasteiger partial charge in [-0.1, -0.05) is 0 Å². The maximum Gasteiger partial charge on any atom is 0.408 e. The van der Waals surface area contributed by atoms with Gasteiger partial charge in [-0.25, -0.2) is 4.79 Å². The van der Waals surface area contributed by atoms with Crippen molar-refractivity contribution in [2.75, 3.05) is 17.2 Å². The van der Waals surface area contributed by atoms with Gasteiger partial charge >= 0.3 is 6.09 Å². The maximum atomic E-state index is 11.8. The first kappa shape index (κ1) is 21.1. The van der Waals surface area contributed by atoms with Gasteiger partial charge in [0.1, 0.15) is 17.9 Å². The van der Waals surface area contributed by atoms with Gasteiger partial charge in [0.05, 0.1) is 0 Å². The lowest BCUT2D eigenvalue weighted by molar-refractivity contribution is -0.121. The van der Waals surface area contributed by atoms with E-state index in [2.05, 4.69) is 16.0 Å². The van der Waals surface area contributed by atoms with Crippen LogP contribution >= 0.6 is 0 Å². The average molecular weight is 363 g/mol. The second kappa shape index (κ2) is 9.55. The van der Waals surface area contributed by atoms with Crippen molar-refractivity contribution < 1.29 is 23.9 Å². The van der Waals surface area contributed by atoms with Crippen LogP contribution in [-0.4, -0.2) is 35.8 Å². The van der Waals surface area contributed by atoms with E-state index in [1.54, 1.807) is 45.0 Å². The second-order valence-electron chi connectivity index (χ2n) is 6.73. The van der Waals surface area contributed by atoms with Gasteiger partial charge in [-0.05, 0) is 52.0 Å². The van der Waals surface area contributed by atoms with Crippen molar-refractivity contribution >= 4 is 35.1 Å². The lowest BCUT2D eigenvalue weighted by Gasteiger charge is -2.19. The Morgan fingerprint density at radius 3 is 1.85 bits per heavy atom. The van der Waals surface area contributed by atoms with E-state index in [0.717, 1.165) is 0 Å². The van der Waals surface area contributed by atoms with Crippen molar-refractivity contribution in [3.05, 3.63) is 24.3 Å². The summed E-state index contributed by atoms with van der Waals surface area (Å²) in [6, 6.07) is 6.49. The Hall–Kier alpha value is -2.90. The van der Waals surface area contributed by atoms with E-state index >= 15 is 0 Å². The molecular weight excluding hydrogens is 338 g/mol. The lowest BCUT2D eigenvalue weighted by atomic mass is 10.2. The summed E-state index contributed by atoms with van der Waals surface area (Å²) in [5, 5.41) is 7.64. The molecule has 0 aliphatic heterocycles. The summed E-state index contributed by atoms with van der Waals surface area (Å²) < 4.78 is 5.03. The molecule has 0 saturated heterocycles. The number of carbonyl (C=O) groups excluding carboxylic acids is 4. The number of hydrogen-bond donors (Lipinski definition) is 3. The van der Waals surface area contributed by atoms with E-state index in [9.17, 15) is 19.2 Å². The zero-order valence-electron chi connectivity index (χ0n) is 15.5. The van der Waals surface area contributed by atoms with Crippen LogP contribution in [0.3, 0.4) is 0 Å². The molecule has 1 aromatic rings. The van der Waals surface area contributed by atoms with Gasteiger partial charge in [-0.15, -0.1) is 0 Å². The molecule has 0 bridgehead atoms. The van der Waals surface area contributed by atoms with E-state index in [4.69, 9.17) is 4.74 Å². The number of amides is 3. The van der Waals surface area contributed by atoms with Crippen LogP contribution in [0.2, 0.25) is 0 Å². The van der Waals surface area contributed by atoms with E-state index in [1.165, 1.54) is 6.92 Å². The van der Waals surface area contributed by atoms with Crippen molar-refractivity contribution in [3.8, 4) is 0 Å². The van der Waals surface area contributed by atoms with Gasteiger partial charge in [0.15, 0.2) is 0 Å². The Bertz CT molecular complexity index is 662. The molecule has 0 unspecified atom stereocenters. The quantitative estimate of drug-likeness (QED) is 0.688. The van der Waals surface area contributed by atoms with Gasteiger partial charge in [0, 0.05) is 24.2 Å². The summed E-state index contributed by atoms with van der Waals surface area (Å²) in [4.78, 5) is 45.8. The Morgan fingerprint density at radius 1 is 0.885 bits per heavy atom. The standard InChI is InChI=1S/C18H25N3O5/c1-12(22)5-10-15(23)20-13-6-8-14(9-7-13)21-16(24)11-19-17(25)26-18(2,3)4/h6-9H,5,10-11H2,1-4H3,(H,19,25)(H,20,23)(H,21,24). The number of ether oxygens (including phenoxy) is 1. The highest BCUT2D eigenvalue weighted by Crippen LogP contribution is 2.14. The number of anilines is 2. The molecule has 1 rings (SSSR count). The largest absolute Gasteiger partial charge is 0.444 e. The Morgan fingerprint density at radius 2 is 1.38 bits per heavy atom. The molecule has 0 atom stereocenters. The van der Waals surface area contributed by atoms with Gasteiger partial charge in [-0.2, -0.15) is 0 Å². The van der Waals surface area contributed by atoms with Gasteiger partial charge in [0.25, 0.3) is 0 Å². The van der Waals surface area contributed by atoms with Gasteiger partial charge in [-0.3, -0.25) is 9.59 Å². The van der Waals surface area contributed by atoms with Crippen molar-refractivity contribution in [3.63, 3.8) is 0 Å². The molecule has 0 heterocycles. The van der Waals surface area contributed by atoms with Crippen molar-refractivity contribution in [2.24, 2.45) is 0 Å². The third kappa shape index (κ3) is 9.41. The Kier molecular flexibility index (Phi) is 7.77. The smallest absolute Gasteiger partial charge is 0.408 e. The molecule has 0 aliphatic rings. The molecule has 3 amide bonds. The molecule has 0 aromatic heterocycles. The third-order valence-electron chi connectivity index (χ3n) is 2.95. The first-order chi connectivity index (χ1) is 12.0. The molecule has 0 radical (unpaired) electrons. The SMILES string of the molecule is CC(=O)CCC(=O)Nc1ccc(NC(=O)CNC(=O)OC(C)(C)C)cc1. The van der Waals surface area contributed by atoms with Crippen LogP contribution in [0.25, 0.3) is 0 Å². The minimum atomic E-state index is -0.670. The summed E-state index contributed by atoms with van der Waals surface area (Å²) >= 11 is 0. The summed E-state index contributed by atoms with van der Waals surface area (Å²) in [5.74, 6) is -0.703. The lowest BCUT2D eigenvalue weighted by Crippen LogP contribution is -2.37. The minimum Gasteiger partial charge on any atom is -0.444 e. The van der Waals surface area contributed by atoms with Crippen LogP contribution in [0.5, 0.6) is 0 Å². The van der Waals surface area contributed by atoms with E-state index in [1.807, 2.05) is 0 Å². The minimum absolute atomic E-state index is 0.0433. The monoisotopic (exact) mass is 363 g/mol. The van der Waals surface area contributed by atoms with Crippen LogP contribution < -0.4 is 16.0 Å². The topological polar surface area (TPSA) is 114 Å². The van der Waals surface area contributed by atoms with Crippen LogP contribution in [-0.2, 0) is 19.1 Å². The molecule has 0 aliphatic carbocycles. The highest BCUT2D eigenvalue weighted by Gasteiger charge is 2.16. The number of alkyl carbamates (subject to hydrolysis) is 1. The normalized spacial score (nSPS) is 10.6. The molecule has 26 heavy (non-hydrogen) atoms. The molecule has 1 aromatic carbocycles. The van der Waals surface area contributed by atoms with Crippen LogP contribution in [0.15, 0.2) is 24.3 Å². The highest BCUT2D eigenvalue weighted by atomic mass is 16.6. The van der Waals surface area contributed by atoms with E-state index in [-0.39, 0.29) is 31.1 Å². The molecule has 0 saturated carbocycles. The number of Topliss-reactive ketones (excluding diaryl/α,β-unsaturated/α-hetero) is 1. The number of benzene rings is 1. The predicted octanol–water partition coefficient (Wildman–Crippen LogP) is 2.46. The molecule has 142 valence electrons. The number of hydrogen-bond acceptors (Lipinski definition) is 5. The Labute approximate surface area is 152 Å². The summed E-state index contributed by atoms with van der Waals surface area (Å²) in [6.07, 6.45) is -0.342. The molecular formula is C18H25N3O5. The average Bonchev–Trinajstić information content (AvgIpc) is 2.51. The van der Waals surface area contributed by atoms with Crippen LogP contribution in [0.1, 0.15) is 40.5 Å². The fraction of sp³-hybridized carbons (Fsp3) is 0.444. The van der Waals surface area contributed by atoms with Crippen molar-refractivity contribution in [2.45, 2.75) is 46.1 Å². The molecule has 8 heteroatoms. The first-order valence-electron chi connectivity index (χ1n) is 8.21. The molecule has 8 nitrogen and oxygen atoms in total. The summed E-state index contributed by atoms with van der Waals surface area (Å²) in [7, 11) is 0. The van der Waals surface area contributed by atoms with Gasteiger partial charge < -0.3 is 25.5 Å². The maximum absolute atomic E-state index is 11.8. The van der Waals surface area contributed by atoms with Crippen molar-refractivity contribution in [1.82, 2.24) is 5.32 Å². The van der Waals surface area contributed by atoms with Crippen LogP contribution in [0, 0.1) is 0 Å². The fourth-order valence-electron chi connectivity index (χ4n) is 1.82. The summed E-state index contributed by atoms with van der Waals surface area (Å²) in [6.45, 7) is 6.40. The molecule has 0 spiro atoms. The number of nitrogens with one attached hydrogen (secondary N) is 3. The number of rotatable bonds is 7. The first-order valence-corrected chi connectivity index (χ1v) is 8.21. The number of ketones is 1. The zero-order valence-corrected chi connectivity index (χ0v) is 15.5. The van der Waals surface area contributed by atoms with Crippen LogP contribution in [0.4, 0.5) is 16.2 Å². The molecule has 3 N–H and O–H groups in total. The van der Waals surface area contributed by atoms with Crippen molar-refractivity contribution in [1.29, 1.82) is 0 Å². The second-order valence-corrected chi connectivity index (χ2v) is 6.73. The molecule has 0 fully saturated rings. The zero-order chi connectivity index (χ0) is 19.7. The van der Waals surface area contributed by atoms with Gasteiger partial charge in [0.2, 0.25) is 11.8 Å². The predicted molar refractivity (Wildman–Crippen MR) is 97.9 cm³/mol. The van der Waals surface area contributed by atoms with E-state index in [0.29, 0.717) is 11.4 Å². The number of carbonyl (C=O) groups is 4. The summed E-state index contributed by atoms with van der Waals surface area (Å²) in [5.41, 5.74) is 0.441. The highest BCUT2D eigenvalue weighted by molar-refractivity contribution is 5.95. The third-order valence-corrected chi connectivity index (χ3v) is 2.95. The van der Waals surface area contributed by atoms with E-state index < -0.39 is 17.6 Å².